The van der Waals surface area contributed by atoms with E-state index < -0.39 is 20.8 Å². The summed E-state index contributed by atoms with van der Waals surface area (Å²) in [6, 6.07) is 23.6. The van der Waals surface area contributed by atoms with Gasteiger partial charge in [0.2, 0.25) is 0 Å². The van der Waals surface area contributed by atoms with Gasteiger partial charge in [0, 0.05) is 6.20 Å². The summed E-state index contributed by atoms with van der Waals surface area (Å²) in [6.07, 6.45) is 11.4. The van der Waals surface area contributed by atoms with Crippen molar-refractivity contribution in [3.8, 4) is 5.69 Å². The fourth-order valence-electron chi connectivity index (χ4n) is 3.18. The third-order valence-electron chi connectivity index (χ3n) is 4.54. The van der Waals surface area contributed by atoms with Crippen LogP contribution in [0.4, 0.5) is 0 Å². The first-order valence-corrected chi connectivity index (χ1v) is 15.3. The van der Waals surface area contributed by atoms with Crippen LogP contribution in [0.5, 0.6) is 0 Å². The number of hydrogen-bond acceptors (Lipinski definition) is 0. The Morgan fingerprint density at radius 1 is 0.964 bits per heavy atom. The molecule has 0 bridgehead atoms. The average Bonchev–Trinajstić information content (AvgIpc) is 3.39. The van der Waals surface area contributed by atoms with Gasteiger partial charge in [-0.2, -0.15) is 6.08 Å². The smallest absolute Gasteiger partial charge is 0.0511 e. The molecule has 0 amide bonds. The van der Waals surface area contributed by atoms with E-state index in [1.54, 1.807) is 0 Å². The molecule has 1 aromatic heterocycles. The van der Waals surface area contributed by atoms with Gasteiger partial charge in [0.1, 0.15) is 0 Å². The Labute approximate surface area is 185 Å². The van der Waals surface area contributed by atoms with Crippen molar-refractivity contribution < 1.29 is 20.8 Å². The minimum Gasteiger partial charge on any atom is -0.335 e. The molecular formula is C24H21Cl2NZr. The van der Waals surface area contributed by atoms with Gasteiger partial charge in [-0.1, -0.05) is 43.5 Å². The fraction of sp³-hybridized carbons (Fsp3) is 0.125. The zero-order valence-electron chi connectivity index (χ0n) is 15.9. The number of fused-ring (bicyclic) bond motifs is 2. The second-order valence-corrected chi connectivity index (χ2v) is 10.8. The van der Waals surface area contributed by atoms with Gasteiger partial charge < -0.3 is 4.57 Å². The number of nitrogens with zero attached hydrogens (tertiary/aromatic N) is 1. The van der Waals surface area contributed by atoms with E-state index in [1.807, 2.05) is 12.2 Å². The van der Waals surface area contributed by atoms with Crippen LogP contribution in [0.2, 0.25) is 0 Å². The molecule has 0 fully saturated rings. The van der Waals surface area contributed by atoms with Crippen LogP contribution in [0.15, 0.2) is 91.2 Å². The van der Waals surface area contributed by atoms with Crippen molar-refractivity contribution >= 4 is 38.7 Å². The maximum absolute atomic E-state index is 4.93. The Morgan fingerprint density at radius 2 is 1.64 bits per heavy atom. The predicted octanol–water partition coefficient (Wildman–Crippen LogP) is 7.82. The third-order valence-corrected chi connectivity index (χ3v) is 4.54. The molecule has 28 heavy (non-hydrogen) atoms. The summed E-state index contributed by atoms with van der Waals surface area (Å²) in [4.78, 5) is 0. The van der Waals surface area contributed by atoms with Gasteiger partial charge in [-0.25, -0.2) is 12.2 Å². The van der Waals surface area contributed by atoms with E-state index in [0.717, 1.165) is 0 Å². The molecule has 0 atom stereocenters. The van der Waals surface area contributed by atoms with Crippen LogP contribution in [0, 0.1) is 11.5 Å². The topological polar surface area (TPSA) is 4.93 Å². The zero-order valence-corrected chi connectivity index (χ0v) is 19.8. The zero-order chi connectivity index (χ0) is 20.0. The van der Waals surface area contributed by atoms with E-state index in [4.69, 9.17) is 17.0 Å². The standard InChI is InChI=1S/C17H12N.C7H9.2ClH.Zr/c1-2-7-15-12-16(11-14(15)6-1)18-10-9-13-5-3-4-8-17(13)18;1-7(2)5-3-4-6-7;;;/h1-12H;3-5H,1-2H3;2*1H;/q2*-1;;;+4/p-2. The van der Waals surface area contributed by atoms with Crippen molar-refractivity contribution in [1.82, 2.24) is 4.57 Å². The van der Waals surface area contributed by atoms with Crippen molar-refractivity contribution in [1.29, 1.82) is 0 Å². The number of benzene rings is 2. The summed E-state index contributed by atoms with van der Waals surface area (Å²) in [5, 5.41) is 3.87. The molecule has 1 nitrogen and oxygen atoms in total. The molecule has 140 valence electrons. The third kappa shape index (κ3) is 5.32. The molecule has 5 rings (SSSR count). The summed E-state index contributed by atoms with van der Waals surface area (Å²) in [7, 11) is 9.87. The van der Waals surface area contributed by atoms with Crippen molar-refractivity contribution in [2.24, 2.45) is 5.41 Å². The summed E-state index contributed by atoms with van der Waals surface area (Å²) in [6.45, 7) is 4.26. The Balaban J connectivity index is 0.000000188. The molecule has 4 aromatic rings. The number of allylic oxidation sites excluding steroid dienone is 4. The van der Waals surface area contributed by atoms with E-state index in [0.29, 0.717) is 0 Å². The Kier molecular flexibility index (Phi) is 7.46. The molecule has 0 radical (unpaired) electrons. The second-order valence-electron chi connectivity index (χ2n) is 7.05. The first-order chi connectivity index (χ1) is 13.5. The van der Waals surface area contributed by atoms with E-state index in [-0.39, 0.29) is 5.41 Å². The Morgan fingerprint density at radius 3 is 2.25 bits per heavy atom. The minimum absolute atomic E-state index is 0.208. The molecule has 0 N–H and O–H groups in total. The Bertz CT molecular complexity index is 1050. The van der Waals surface area contributed by atoms with E-state index in [1.165, 1.54) is 27.4 Å². The maximum Gasteiger partial charge on any atom is 0.0511 e. The molecule has 3 aromatic carbocycles. The number of hydrogen-bond donors (Lipinski definition) is 0. The summed E-state index contributed by atoms with van der Waals surface area (Å²) in [5.74, 6) is 0. The number of para-hydroxylation sites is 1. The van der Waals surface area contributed by atoms with Gasteiger partial charge in [-0.15, -0.1) is 41.1 Å². The molecule has 0 saturated carbocycles. The number of aromatic nitrogens is 1. The normalized spacial score (nSPS) is 13.6. The van der Waals surface area contributed by atoms with Gasteiger partial charge >= 0.3 is 37.9 Å². The maximum atomic E-state index is 4.93. The van der Waals surface area contributed by atoms with E-state index in [9.17, 15) is 0 Å². The molecule has 4 heteroatoms. The summed E-state index contributed by atoms with van der Waals surface area (Å²) in [5.41, 5.74) is 2.70. The van der Waals surface area contributed by atoms with Crippen LogP contribution >= 0.6 is 17.0 Å². The van der Waals surface area contributed by atoms with Crippen LogP contribution in [0.25, 0.3) is 27.4 Å². The van der Waals surface area contributed by atoms with E-state index >= 15 is 0 Å². The molecule has 0 saturated heterocycles. The SMILES string of the molecule is CC1(C)[C-]=CC=C1.[Cl][Zr+2][Cl].c1ccc2[cH-]c(-n3ccc4ccccc43)cc2c1. The Hall–Kier alpha value is -1.47. The van der Waals surface area contributed by atoms with Crippen molar-refractivity contribution in [2.45, 2.75) is 13.8 Å². The van der Waals surface area contributed by atoms with Gasteiger partial charge in [0.25, 0.3) is 0 Å². The van der Waals surface area contributed by atoms with Crippen molar-refractivity contribution in [3.63, 3.8) is 0 Å². The van der Waals surface area contributed by atoms with Gasteiger partial charge in [0.15, 0.2) is 0 Å². The number of rotatable bonds is 1. The van der Waals surface area contributed by atoms with Gasteiger partial charge in [-0.05, 0) is 23.2 Å². The van der Waals surface area contributed by atoms with Crippen LogP contribution < -0.4 is 0 Å². The fourth-order valence-corrected chi connectivity index (χ4v) is 3.18. The van der Waals surface area contributed by atoms with Crippen LogP contribution in [-0.4, -0.2) is 4.57 Å². The van der Waals surface area contributed by atoms with Crippen molar-refractivity contribution in [2.75, 3.05) is 0 Å². The first-order valence-electron chi connectivity index (χ1n) is 9.01. The molecule has 1 aliphatic rings. The molecular weight excluding hydrogens is 464 g/mol. The van der Waals surface area contributed by atoms with Crippen LogP contribution in [0.1, 0.15) is 13.8 Å². The molecule has 0 spiro atoms. The van der Waals surface area contributed by atoms with Crippen LogP contribution in [-0.2, 0) is 20.8 Å². The monoisotopic (exact) mass is 483 g/mol. The first kappa shape index (κ1) is 21.2. The quantitative estimate of drug-likeness (QED) is 0.242. The van der Waals surface area contributed by atoms with Crippen LogP contribution in [0.3, 0.4) is 0 Å². The average molecular weight is 486 g/mol. The second kappa shape index (κ2) is 9.83. The summed E-state index contributed by atoms with van der Waals surface area (Å²) >= 11 is -0.826. The molecule has 0 unspecified atom stereocenters. The van der Waals surface area contributed by atoms with Crippen molar-refractivity contribution in [3.05, 3.63) is 97.2 Å². The van der Waals surface area contributed by atoms with E-state index in [2.05, 4.69) is 103 Å². The summed E-state index contributed by atoms with van der Waals surface area (Å²) < 4.78 is 2.25. The number of halogens is 2. The molecule has 1 aliphatic carbocycles. The van der Waals surface area contributed by atoms with Gasteiger partial charge in [0.05, 0.1) is 5.52 Å². The predicted molar refractivity (Wildman–Crippen MR) is 119 cm³/mol. The minimum atomic E-state index is -0.826. The molecule has 1 heterocycles. The molecule has 0 aliphatic heterocycles. The largest absolute Gasteiger partial charge is 0.335 e. The van der Waals surface area contributed by atoms with Gasteiger partial charge in [-0.3, -0.25) is 6.08 Å².